The zero-order valence-electron chi connectivity index (χ0n) is 12.0. The van der Waals surface area contributed by atoms with E-state index in [1.54, 1.807) is 0 Å². The Kier molecular flexibility index (Phi) is 4.11. The molecule has 0 aromatic heterocycles. The van der Waals surface area contributed by atoms with E-state index in [9.17, 15) is 4.79 Å². The Morgan fingerprint density at radius 2 is 1.79 bits per heavy atom. The van der Waals surface area contributed by atoms with Crippen LogP contribution in [-0.4, -0.2) is 20.5 Å². The zero-order chi connectivity index (χ0) is 13.9. The van der Waals surface area contributed by atoms with Crippen LogP contribution in [0.1, 0.15) is 24.8 Å². The fourth-order valence-electron chi connectivity index (χ4n) is 2.06. The van der Waals surface area contributed by atoms with Crippen LogP contribution in [0.5, 0.6) is 0 Å². The maximum absolute atomic E-state index is 11.8. The molecule has 1 aromatic rings. The van der Waals surface area contributed by atoms with Gasteiger partial charge < -0.3 is 4.90 Å². The van der Waals surface area contributed by atoms with Crippen molar-refractivity contribution >= 4 is 19.7 Å². The molecule has 1 aromatic carbocycles. The quantitative estimate of drug-likeness (QED) is 0.566. The van der Waals surface area contributed by atoms with Crippen molar-refractivity contribution in [3.63, 3.8) is 0 Å². The molecule has 0 bridgehead atoms. The molecule has 0 saturated carbocycles. The van der Waals surface area contributed by atoms with Crippen LogP contribution < -0.4 is 4.90 Å². The number of anilines is 1. The van der Waals surface area contributed by atoms with E-state index in [0.29, 0.717) is 6.42 Å². The highest BCUT2D eigenvalue weighted by atomic mass is 28.3. The van der Waals surface area contributed by atoms with Gasteiger partial charge in [0, 0.05) is 24.2 Å². The number of carbonyl (C=O) groups is 1. The number of carbonyl (C=O) groups excluding carboxylic acids is 1. The van der Waals surface area contributed by atoms with Gasteiger partial charge in [0.25, 0.3) is 0 Å². The van der Waals surface area contributed by atoms with Crippen LogP contribution in [0.3, 0.4) is 0 Å². The zero-order valence-corrected chi connectivity index (χ0v) is 13.0. The second-order valence-electron chi connectivity index (χ2n) is 6.05. The lowest BCUT2D eigenvalue weighted by atomic mass is 10.1. The molecule has 100 valence electrons. The van der Waals surface area contributed by atoms with Crippen molar-refractivity contribution in [1.29, 1.82) is 0 Å². The molecule has 0 atom stereocenters. The summed E-state index contributed by atoms with van der Waals surface area (Å²) in [7, 11) is -1.32. The molecular formula is C16H21NOSi. The average molecular weight is 271 g/mol. The standard InChI is InChI=1S/C16H21NOSi/c1-19(2,3)13-11-14-7-9-15(10-8-14)17-12-5-4-6-16(17)18/h7-10H,4-6,12H2,1-3H3. The van der Waals surface area contributed by atoms with Gasteiger partial charge in [-0.2, -0.15) is 0 Å². The molecule has 0 radical (unpaired) electrons. The van der Waals surface area contributed by atoms with Crippen molar-refractivity contribution in [1.82, 2.24) is 0 Å². The van der Waals surface area contributed by atoms with Crippen molar-refractivity contribution in [3.05, 3.63) is 29.8 Å². The summed E-state index contributed by atoms with van der Waals surface area (Å²) in [6, 6.07) is 8.06. The van der Waals surface area contributed by atoms with Gasteiger partial charge >= 0.3 is 0 Å². The summed E-state index contributed by atoms with van der Waals surface area (Å²) in [5.74, 6) is 3.48. The minimum absolute atomic E-state index is 0.243. The molecule has 1 heterocycles. The van der Waals surface area contributed by atoms with Gasteiger partial charge in [0.05, 0.1) is 0 Å². The maximum Gasteiger partial charge on any atom is 0.226 e. The third-order valence-corrected chi connectivity index (χ3v) is 3.96. The molecule has 0 aliphatic carbocycles. The van der Waals surface area contributed by atoms with E-state index in [2.05, 4.69) is 31.1 Å². The molecular weight excluding hydrogens is 250 g/mol. The third-order valence-electron chi connectivity index (χ3n) is 3.08. The van der Waals surface area contributed by atoms with E-state index in [-0.39, 0.29) is 5.91 Å². The topological polar surface area (TPSA) is 20.3 Å². The summed E-state index contributed by atoms with van der Waals surface area (Å²) in [5, 5.41) is 0. The second kappa shape index (κ2) is 5.62. The number of piperidine rings is 1. The summed E-state index contributed by atoms with van der Waals surface area (Å²) in [4.78, 5) is 13.7. The van der Waals surface area contributed by atoms with Crippen LogP contribution in [0.2, 0.25) is 19.6 Å². The summed E-state index contributed by atoms with van der Waals surface area (Å²) < 4.78 is 0. The fraction of sp³-hybridized carbons (Fsp3) is 0.438. The normalized spacial score (nSPS) is 15.9. The van der Waals surface area contributed by atoms with Gasteiger partial charge in [-0.3, -0.25) is 4.79 Å². The summed E-state index contributed by atoms with van der Waals surface area (Å²) in [6.07, 6.45) is 2.80. The molecule has 1 aliphatic heterocycles. The lowest BCUT2D eigenvalue weighted by molar-refractivity contribution is -0.119. The summed E-state index contributed by atoms with van der Waals surface area (Å²) >= 11 is 0. The van der Waals surface area contributed by atoms with E-state index in [4.69, 9.17) is 0 Å². The largest absolute Gasteiger partial charge is 0.312 e. The Bertz CT molecular complexity index is 516. The van der Waals surface area contributed by atoms with Crippen molar-refractivity contribution in [2.45, 2.75) is 38.9 Å². The van der Waals surface area contributed by atoms with Crippen LogP contribution in [-0.2, 0) is 4.79 Å². The number of amides is 1. The van der Waals surface area contributed by atoms with Gasteiger partial charge in [0.15, 0.2) is 0 Å². The molecule has 1 fully saturated rings. The molecule has 1 amide bonds. The van der Waals surface area contributed by atoms with Crippen molar-refractivity contribution < 1.29 is 4.79 Å². The second-order valence-corrected chi connectivity index (χ2v) is 10.8. The third kappa shape index (κ3) is 3.97. The molecule has 1 saturated heterocycles. The van der Waals surface area contributed by atoms with Crippen molar-refractivity contribution in [2.24, 2.45) is 0 Å². The highest BCUT2D eigenvalue weighted by Crippen LogP contribution is 2.21. The Balaban J connectivity index is 2.13. The van der Waals surface area contributed by atoms with Gasteiger partial charge in [0.2, 0.25) is 5.91 Å². The predicted molar refractivity (Wildman–Crippen MR) is 82.9 cm³/mol. The van der Waals surface area contributed by atoms with E-state index >= 15 is 0 Å². The van der Waals surface area contributed by atoms with Crippen LogP contribution in [0.4, 0.5) is 5.69 Å². The van der Waals surface area contributed by atoms with E-state index in [0.717, 1.165) is 30.6 Å². The Labute approximate surface area is 116 Å². The molecule has 0 unspecified atom stereocenters. The number of benzene rings is 1. The summed E-state index contributed by atoms with van der Waals surface area (Å²) in [6.45, 7) is 7.56. The van der Waals surface area contributed by atoms with Crippen LogP contribution in [0, 0.1) is 11.5 Å². The predicted octanol–water partition coefficient (Wildman–Crippen LogP) is 3.43. The van der Waals surface area contributed by atoms with E-state index in [1.165, 1.54) is 0 Å². The molecule has 2 nitrogen and oxygen atoms in total. The molecule has 0 spiro atoms. The highest BCUT2D eigenvalue weighted by Gasteiger charge is 2.19. The SMILES string of the molecule is C[Si](C)(C)C#Cc1ccc(N2CCCCC2=O)cc1. The smallest absolute Gasteiger partial charge is 0.226 e. The minimum atomic E-state index is -1.32. The first-order valence-corrected chi connectivity index (χ1v) is 10.4. The first-order valence-electron chi connectivity index (χ1n) is 6.89. The lowest BCUT2D eigenvalue weighted by Crippen LogP contribution is -2.35. The lowest BCUT2D eigenvalue weighted by Gasteiger charge is -2.26. The van der Waals surface area contributed by atoms with Gasteiger partial charge in [-0.25, -0.2) is 0 Å². The number of hydrogen-bond acceptors (Lipinski definition) is 1. The van der Waals surface area contributed by atoms with Gasteiger partial charge in [-0.1, -0.05) is 25.6 Å². The monoisotopic (exact) mass is 271 g/mol. The first kappa shape index (κ1) is 13.9. The van der Waals surface area contributed by atoms with Crippen molar-refractivity contribution in [3.8, 4) is 11.5 Å². The van der Waals surface area contributed by atoms with Crippen molar-refractivity contribution in [2.75, 3.05) is 11.4 Å². The molecule has 0 N–H and O–H groups in total. The average Bonchev–Trinajstić information content (AvgIpc) is 2.37. The van der Waals surface area contributed by atoms with Gasteiger partial charge in [-0.05, 0) is 37.1 Å². The maximum atomic E-state index is 11.8. The highest BCUT2D eigenvalue weighted by molar-refractivity contribution is 6.83. The van der Waals surface area contributed by atoms with Gasteiger partial charge in [0.1, 0.15) is 8.07 Å². The Morgan fingerprint density at radius 1 is 1.11 bits per heavy atom. The Morgan fingerprint density at radius 3 is 2.37 bits per heavy atom. The van der Waals surface area contributed by atoms with E-state index < -0.39 is 8.07 Å². The van der Waals surface area contributed by atoms with Crippen LogP contribution in [0.15, 0.2) is 24.3 Å². The summed E-state index contributed by atoms with van der Waals surface area (Å²) in [5.41, 5.74) is 5.39. The van der Waals surface area contributed by atoms with Crippen LogP contribution >= 0.6 is 0 Å². The molecule has 3 heteroatoms. The molecule has 2 rings (SSSR count). The molecule has 19 heavy (non-hydrogen) atoms. The van der Waals surface area contributed by atoms with E-state index in [1.807, 2.05) is 29.2 Å². The molecule has 1 aliphatic rings. The number of hydrogen-bond donors (Lipinski definition) is 0. The Hall–Kier alpha value is -1.53. The number of nitrogens with zero attached hydrogens (tertiary/aromatic N) is 1. The first-order chi connectivity index (χ1) is 8.96. The fourth-order valence-corrected chi connectivity index (χ4v) is 2.58. The van der Waals surface area contributed by atoms with Crippen LogP contribution in [0.25, 0.3) is 0 Å². The van der Waals surface area contributed by atoms with Gasteiger partial charge in [-0.15, -0.1) is 5.54 Å². The number of rotatable bonds is 1. The minimum Gasteiger partial charge on any atom is -0.312 e.